The molecule has 1 aromatic carbocycles. The lowest BCUT2D eigenvalue weighted by molar-refractivity contribution is -0.137. The average Bonchev–Trinajstić information content (AvgIpc) is 3.09. The quantitative estimate of drug-likeness (QED) is 0.622. The minimum Gasteiger partial charge on any atom is -0.378 e. The van der Waals surface area contributed by atoms with Gasteiger partial charge in [-0.2, -0.15) is 18.3 Å². The molecule has 1 amide bonds. The van der Waals surface area contributed by atoms with Crippen LogP contribution in [-0.4, -0.2) is 47.0 Å². The van der Waals surface area contributed by atoms with E-state index >= 15 is 0 Å². The fourth-order valence-corrected chi connectivity index (χ4v) is 2.72. The summed E-state index contributed by atoms with van der Waals surface area (Å²) < 4.78 is 45.4. The Hall–Kier alpha value is -2.98. The molecule has 2 heterocycles. The van der Waals surface area contributed by atoms with Gasteiger partial charge in [0, 0.05) is 31.9 Å². The van der Waals surface area contributed by atoms with Crippen molar-refractivity contribution in [1.82, 2.24) is 19.8 Å². The Morgan fingerprint density at radius 3 is 2.64 bits per heavy atom. The topological polar surface area (TPSA) is 69.5 Å². The lowest BCUT2D eigenvalue weighted by atomic mass is 10.1. The molecular formula is C18H17F3N4O3. The third-order valence-corrected chi connectivity index (χ3v) is 4.16. The fraction of sp³-hybridized carbons (Fsp3) is 0.278. The molecule has 3 rings (SSSR count). The number of methoxy groups -OCH3 is 1. The summed E-state index contributed by atoms with van der Waals surface area (Å²) in [6, 6.07) is 4.90. The predicted molar refractivity (Wildman–Crippen MR) is 93.7 cm³/mol. The summed E-state index contributed by atoms with van der Waals surface area (Å²) in [6.07, 6.45) is -1.59. The summed E-state index contributed by atoms with van der Waals surface area (Å²) >= 11 is 0. The van der Waals surface area contributed by atoms with Crippen LogP contribution in [0.5, 0.6) is 0 Å². The zero-order valence-electron chi connectivity index (χ0n) is 15.3. The van der Waals surface area contributed by atoms with Crippen LogP contribution in [-0.2, 0) is 22.4 Å². The molecule has 0 unspecified atom stereocenters. The van der Waals surface area contributed by atoms with Crippen LogP contribution in [0.3, 0.4) is 0 Å². The molecule has 0 saturated heterocycles. The van der Waals surface area contributed by atoms with Gasteiger partial charge >= 0.3 is 6.18 Å². The Morgan fingerprint density at radius 1 is 1.25 bits per heavy atom. The van der Waals surface area contributed by atoms with Crippen molar-refractivity contribution < 1.29 is 27.5 Å². The molecule has 7 nitrogen and oxygen atoms in total. The number of fused-ring (bicyclic) bond motifs is 1. The van der Waals surface area contributed by atoms with E-state index in [1.54, 1.807) is 6.07 Å². The smallest absolute Gasteiger partial charge is 0.378 e. The number of alkyl halides is 3. The minimum atomic E-state index is -4.46. The van der Waals surface area contributed by atoms with Gasteiger partial charge in [0.2, 0.25) is 0 Å². The second-order valence-electron chi connectivity index (χ2n) is 5.91. The Morgan fingerprint density at radius 2 is 2.00 bits per heavy atom. The first kappa shape index (κ1) is 19.8. The van der Waals surface area contributed by atoms with Crippen LogP contribution in [0, 0.1) is 0 Å². The fourth-order valence-electron chi connectivity index (χ4n) is 2.72. The molecule has 0 aliphatic rings. The number of carbonyl (C=O) groups excluding carboxylic acids is 1. The minimum absolute atomic E-state index is 0.0763. The summed E-state index contributed by atoms with van der Waals surface area (Å²) in [5.74, 6) is -0.432. The molecule has 148 valence electrons. The molecule has 0 radical (unpaired) electrons. The lowest BCUT2D eigenvalue weighted by Crippen LogP contribution is -2.26. The first-order valence-electron chi connectivity index (χ1n) is 8.12. The number of rotatable bonds is 5. The van der Waals surface area contributed by atoms with Crippen molar-refractivity contribution in [2.45, 2.75) is 12.8 Å². The SMILES string of the molecule is COCc1nn(-c2ccnc3cc(C(F)(F)F)ccc23)cc1C(=O)N(C)OC. The standard InChI is InChI=1S/C18H17F3N4O3/c1-24(28-3)17(26)13-9-25(23-15(13)10-27-2)16-6-7-22-14-8-11(18(19,20)21)4-5-12(14)16/h4-9H,10H2,1-3H3. The van der Waals surface area contributed by atoms with Crippen LogP contribution in [0.2, 0.25) is 0 Å². The van der Waals surface area contributed by atoms with E-state index in [1.165, 1.54) is 44.4 Å². The van der Waals surface area contributed by atoms with Crippen LogP contribution in [0.1, 0.15) is 21.6 Å². The lowest BCUT2D eigenvalue weighted by Gasteiger charge is -2.12. The van der Waals surface area contributed by atoms with Gasteiger partial charge in [-0.1, -0.05) is 6.07 Å². The van der Waals surface area contributed by atoms with Gasteiger partial charge in [0.25, 0.3) is 5.91 Å². The first-order chi connectivity index (χ1) is 13.3. The van der Waals surface area contributed by atoms with E-state index in [1.807, 2.05) is 0 Å². The number of pyridine rings is 1. The number of carbonyl (C=O) groups is 1. The number of aromatic nitrogens is 3. The number of hydrogen-bond acceptors (Lipinski definition) is 5. The Balaban J connectivity index is 2.13. The van der Waals surface area contributed by atoms with Gasteiger partial charge < -0.3 is 4.74 Å². The van der Waals surface area contributed by atoms with Crippen LogP contribution in [0.15, 0.2) is 36.7 Å². The van der Waals surface area contributed by atoms with Crippen LogP contribution in [0.4, 0.5) is 13.2 Å². The van der Waals surface area contributed by atoms with Crippen LogP contribution >= 0.6 is 0 Å². The molecule has 0 atom stereocenters. The summed E-state index contributed by atoms with van der Waals surface area (Å²) in [6.45, 7) is 0.0763. The van der Waals surface area contributed by atoms with Crippen molar-refractivity contribution in [1.29, 1.82) is 0 Å². The maximum atomic E-state index is 13.0. The van der Waals surface area contributed by atoms with Crippen LogP contribution < -0.4 is 0 Å². The third kappa shape index (κ3) is 3.69. The molecular weight excluding hydrogens is 377 g/mol. The number of benzene rings is 1. The highest BCUT2D eigenvalue weighted by molar-refractivity contribution is 5.95. The molecule has 2 aromatic heterocycles. The molecule has 0 aliphatic carbocycles. The summed E-state index contributed by atoms with van der Waals surface area (Å²) in [7, 11) is 4.28. The summed E-state index contributed by atoms with van der Waals surface area (Å²) in [4.78, 5) is 21.4. The van der Waals surface area contributed by atoms with Crippen LogP contribution in [0.25, 0.3) is 16.6 Å². The van der Waals surface area contributed by atoms with Gasteiger partial charge in [-0.3, -0.25) is 14.6 Å². The Kier molecular flexibility index (Phi) is 5.34. The van der Waals surface area contributed by atoms with Gasteiger partial charge in [0.05, 0.1) is 36.0 Å². The van der Waals surface area contributed by atoms with Gasteiger partial charge in [-0.05, 0) is 18.2 Å². The normalized spacial score (nSPS) is 11.8. The number of amides is 1. The maximum Gasteiger partial charge on any atom is 0.416 e. The first-order valence-corrected chi connectivity index (χ1v) is 8.12. The van der Waals surface area contributed by atoms with Gasteiger partial charge in [-0.15, -0.1) is 0 Å². The molecule has 0 aliphatic heterocycles. The summed E-state index contributed by atoms with van der Waals surface area (Å²) in [5.41, 5.74) is 0.479. The maximum absolute atomic E-state index is 13.0. The summed E-state index contributed by atoms with van der Waals surface area (Å²) in [5, 5.41) is 5.87. The molecule has 28 heavy (non-hydrogen) atoms. The second-order valence-corrected chi connectivity index (χ2v) is 5.91. The van der Waals surface area contributed by atoms with Crippen molar-refractivity contribution in [2.24, 2.45) is 0 Å². The van der Waals surface area contributed by atoms with Crippen molar-refractivity contribution in [2.75, 3.05) is 21.3 Å². The van der Waals surface area contributed by atoms with E-state index < -0.39 is 17.6 Å². The molecule has 3 aromatic rings. The molecule has 0 saturated carbocycles. The van der Waals surface area contributed by atoms with E-state index in [4.69, 9.17) is 9.57 Å². The van der Waals surface area contributed by atoms with Crippen molar-refractivity contribution in [3.8, 4) is 5.69 Å². The van der Waals surface area contributed by atoms with Crippen molar-refractivity contribution >= 4 is 16.8 Å². The number of hydroxylamine groups is 2. The average molecular weight is 394 g/mol. The number of halogens is 3. The zero-order valence-corrected chi connectivity index (χ0v) is 15.3. The number of nitrogens with zero attached hydrogens (tertiary/aromatic N) is 4. The van der Waals surface area contributed by atoms with Crippen molar-refractivity contribution in [3.05, 3.63) is 53.5 Å². The molecule has 0 fully saturated rings. The number of hydrogen-bond donors (Lipinski definition) is 0. The Bertz CT molecular complexity index is 1020. The van der Waals surface area contributed by atoms with Gasteiger partial charge in [0.1, 0.15) is 5.69 Å². The molecule has 0 N–H and O–H groups in total. The van der Waals surface area contributed by atoms with Gasteiger partial charge in [0.15, 0.2) is 0 Å². The molecule has 10 heteroatoms. The molecule has 0 bridgehead atoms. The zero-order chi connectivity index (χ0) is 20.5. The van der Waals surface area contributed by atoms with Crippen molar-refractivity contribution in [3.63, 3.8) is 0 Å². The Labute approximate surface area is 158 Å². The monoisotopic (exact) mass is 394 g/mol. The third-order valence-electron chi connectivity index (χ3n) is 4.16. The highest BCUT2D eigenvalue weighted by atomic mass is 19.4. The second kappa shape index (κ2) is 7.56. The van der Waals surface area contributed by atoms with E-state index in [9.17, 15) is 18.0 Å². The van der Waals surface area contributed by atoms with Gasteiger partial charge in [-0.25, -0.2) is 9.75 Å². The largest absolute Gasteiger partial charge is 0.416 e. The highest BCUT2D eigenvalue weighted by Crippen LogP contribution is 2.32. The van der Waals surface area contributed by atoms with E-state index in [0.29, 0.717) is 16.8 Å². The molecule has 0 spiro atoms. The highest BCUT2D eigenvalue weighted by Gasteiger charge is 2.31. The van der Waals surface area contributed by atoms with E-state index in [-0.39, 0.29) is 17.7 Å². The van der Waals surface area contributed by atoms with E-state index in [2.05, 4.69) is 10.1 Å². The number of ether oxygens (including phenoxy) is 1. The van der Waals surface area contributed by atoms with E-state index in [0.717, 1.165) is 17.2 Å². The predicted octanol–water partition coefficient (Wildman–Crippen LogP) is 3.22.